The van der Waals surface area contributed by atoms with Gasteiger partial charge in [-0.15, -0.1) is 11.3 Å². The Morgan fingerprint density at radius 2 is 2.22 bits per heavy atom. The molecular weight excluding hydrogens is 376 g/mol. The van der Waals surface area contributed by atoms with Crippen molar-refractivity contribution in [2.24, 2.45) is 0 Å². The van der Waals surface area contributed by atoms with Gasteiger partial charge in [-0.25, -0.2) is 4.98 Å². The summed E-state index contributed by atoms with van der Waals surface area (Å²) in [6.07, 6.45) is 1.69. The smallest absolute Gasteiger partial charge is 0.260 e. The summed E-state index contributed by atoms with van der Waals surface area (Å²) in [6, 6.07) is 5.61. The van der Waals surface area contributed by atoms with Crippen molar-refractivity contribution >= 4 is 37.5 Å². The van der Waals surface area contributed by atoms with Crippen molar-refractivity contribution in [1.29, 1.82) is 0 Å². The monoisotopic (exact) mass is 390 g/mol. The van der Waals surface area contributed by atoms with Gasteiger partial charge in [-0.1, -0.05) is 12.7 Å². The van der Waals surface area contributed by atoms with Gasteiger partial charge in [0.15, 0.2) is 0 Å². The van der Waals surface area contributed by atoms with E-state index in [-0.39, 0.29) is 5.56 Å². The van der Waals surface area contributed by atoms with E-state index in [0.29, 0.717) is 17.8 Å². The van der Waals surface area contributed by atoms with Gasteiger partial charge >= 0.3 is 0 Å². The van der Waals surface area contributed by atoms with Crippen LogP contribution in [0.2, 0.25) is 0 Å². The molecule has 0 saturated heterocycles. The summed E-state index contributed by atoms with van der Waals surface area (Å²) in [5.74, 6) is 1.28. The van der Waals surface area contributed by atoms with Crippen LogP contribution in [0.5, 0.6) is 5.75 Å². The molecule has 0 aliphatic rings. The predicted molar refractivity (Wildman–Crippen MR) is 98.5 cm³/mol. The quantitative estimate of drug-likeness (QED) is 0.662. The lowest BCUT2D eigenvalue weighted by Crippen LogP contribution is -2.09. The zero-order valence-corrected chi connectivity index (χ0v) is 15.2. The Bertz CT molecular complexity index is 959. The summed E-state index contributed by atoms with van der Waals surface area (Å²) >= 11 is 5.02. The van der Waals surface area contributed by atoms with Crippen LogP contribution in [0, 0.1) is 13.8 Å². The molecule has 1 N–H and O–H groups in total. The molecule has 6 heteroatoms. The van der Waals surface area contributed by atoms with E-state index in [2.05, 4.69) is 32.5 Å². The molecule has 0 atom stereocenters. The number of H-pyrrole nitrogens is 1. The third kappa shape index (κ3) is 2.96. The van der Waals surface area contributed by atoms with Crippen LogP contribution in [0.4, 0.5) is 0 Å². The number of aryl methyl sites for hydroxylation is 2. The van der Waals surface area contributed by atoms with E-state index < -0.39 is 0 Å². The number of fused-ring (bicyclic) bond motifs is 1. The molecule has 0 fully saturated rings. The van der Waals surface area contributed by atoms with Gasteiger partial charge in [-0.3, -0.25) is 4.79 Å². The summed E-state index contributed by atoms with van der Waals surface area (Å²) in [6.45, 7) is 8.02. The molecule has 1 aromatic carbocycles. The summed E-state index contributed by atoms with van der Waals surface area (Å²) in [5.41, 5.74) is 1.72. The van der Waals surface area contributed by atoms with Crippen LogP contribution in [-0.4, -0.2) is 16.6 Å². The Kier molecular flexibility index (Phi) is 4.37. The number of aromatic nitrogens is 2. The van der Waals surface area contributed by atoms with E-state index in [1.165, 1.54) is 0 Å². The van der Waals surface area contributed by atoms with Gasteiger partial charge in [0.2, 0.25) is 0 Å². The first kappa shape index (κ1) is 16.0. The maximum Gasteiger partial charge on any atom is 0.260 e. The second-order valence-corrected chi connectivity index (χ2v) is 7.18. The number of ether oxygens (including phenoxy) is 1. The van der Waals surface area contributed by atoms with E-state index >= 15 is 0 Å². The van der Waals surface area contributed by atoms with Crippen LogP contribution in [0.25, 0.3) is 21.6 Å². The third-order valence-corrected chi connectivity index (χ3v) is 5.32. The molecule has 0 spiro atoms. The molecule has 0 unspecified atom stereocenters. The zero-order valence-electron chi connectivity index (χ0n) is 12.8. The number of aromatic amines is 1. The summed E-state index contributed by atoms with van der Waals surface area (Å²) in [4.78, 5) is 21.7. The Labute approximate surface area is 146 Å². The van der Waals surface area contributed by atoms with Gasteiger partial charge in [0.25, 0.3) is 5.56 Å². The molecular formula is C17H15BrN2O2S. The van der Waals surface area contributed by atoms with Crippen LogP contribution in [0.15, 0.2) is 40.1 Å². The van der Waals surface area contributed by atoms with Gasteiger partial charge in [-0.05, 0) is 53.5 Å². The Balaban J connectivity index is 2.08. The average Bonchev–Trinajstić information content (AvgIpc) is 2.81. The minimum atomic E-state index is -0.102. The van der Waals surface area contributed by atoms with Crippen LogP contribution in [-0.2, 0) is 0 Å². The van der Waals surface area contributed by atoms with Crippen molar-refractivity contribution in [3.63, 3.8) is 0 Å². The SMILES string of the molecule is C=CCOc1ccc(-c2nc3sc(C)c(C)c3c(=O)[nH]2)cc1Br. The molecule has 2 heterocycles. The molecule has 3 rings (SSSR count). The second kappa shape index (κ2) is 6.29. The van der Waals surface area contributed by atoms with Gasteiger partial charge in [0.1, 0.15) is 23.0 Å². The van der Waals surface area contributed by atoms with E-state index in [1.807, 2.05) is 32.0 Å². The summed E-state index contributed by atoms with van der Waals surface area (Å²) in [5, 5.41) is 0.682. The minimum Gasteiger partial charge on any atom is -0.488 e. The van der Waals surface area contributed by atoms with Crippen LogP contribution in [0.1, 0.15) is 10.4 Å². The first-order valence-corrected chi connectivity index (χ1v) is 8.66. The molecule has 2 aromatic heterocycles. The van der Waals surface area contributed by atoms with E-state index in [1.54, 1.807) is 17.4 Å². The summed E-state index contributed by atoms with van der Waals surface area (Å²) in [7, 11) is 0. The normalized spacial score (nSPS) is 10.9. The highest BCUT2D eigenvalue weighted by atomic mass is 79.9. The molecule has 0 bridgehead atoms. The van der Waals surface area contributed by atoms with Crippen molar-refractivity contribution in [2.45, 2.75) is 13.8 Å². The van der Waals surface area contributed by atoms with Gasteiger partial charge in [0.05, 0.1) is 9.86 Å². The van der Waals surface area contributed by atoms with Crippen molar-refractivity contribution in [3.8, 4) is 17.1 Å². The third-order valence-electron chi connectivity index (χ3n) is 3.60. The van der Waals surface area contributed by atoms with Crippen molar-refractivity contribution in [3.05, 3.63) is 56.1 Å². The Hall–Kier alpha value is -1.92. The van der Waals surface area contributed by atoms with Gasteiger partial charge < -0.3 is 9.72 Å². The number of nitrogens with zero attached hydrogens (tertiary/aromatic N) is 1. The van der Waals surface area contributed by atoms with Crippen LogP contribution < -0.4 is 10.3 Å². The number of thiophene rings is 1. The first-order valence-electron chi connectivity index (χ1n) is 7.05. The number of benzene rings is 1. The highest BCUT2D eigenvalue weighted by molar-refractivity contribution is 9.10. The molecule has 3 aromatic rings. The lowest BCUT2D eigenvalue weighted by atomic mass is 10.2. The Morgan fingerprint density at radius 3 is 2.91 bits per heavy atom. The molecule has 0 amide bonds. The van der Waals surface area contributed by atoms with Crippen LogP contribution >= 0.6 is 27.3 Å². The predicted octanol–water partition coefficient (Wildman–Crippen LogP) is 4.60. The lowest BCUT2D eigenvalue weighted by Gasteiger charge is -2.08. The number of hydrogen-bond acceptors (Lipinski definition) is 4. The maximum atomic E-state index is 12.4. The van der Waals surface area contributed by atoms with Crippen molar-refractivity contribution < 1.29 is 4.74 Å². The average molecular weight is 391 g/mol. The van der Waals surface area contributed by atoms with Gasteiger partial charge in [0, 0.05) is 10.4 Å². The maximum absolute atomic E-state index is 12.4. The standard InChI is InChI=1S/C17H15BrN2O2S/c1-4-7-22-13-6-5-11(8-12(13)18)15-19-16(21)14-9(2)10(3)23-17(14)20-15/h4-6,8H,1,7H2,2-3H3,(H,19,20,21). The molecule has 0 saturated carbocycles. The topological polar surface area (TPSA) is 55.0 Å². The number of nitrogens with one attached hydrogen (secondary N) is 1. The molecule has 118 valence electrons. The molecule has 23 heavy (non-hydrogen) atoms. The van der Waals surface area contributed by atoms with Gasteiger partial charge in [-0.2, -0.15) is 0 Å². The molecule has 0 aliphatic carbocycles. The molecule has 0 radical (unpaired) electrons. The number of hydrogen-bond donors (Lipinski definition) is 1. The molecule has 4 nitrogen and oxygen atoms in total. The van der Waals surface area contributed by atoms with E-state index in [4.69, 9.17) is 4.74 Å². The first-order chi connectivity index (χ1) is 11.0. The summed E-state index contributed by atoms with van der Waals surface area (Å²) < 4.78 is 6.34. The fourth-order valence-electron chi connectivity index (χ4n) is 2.31. The second-order valence-electron chi connectivity index (χ2n) is 5.12. The lowest BCUT2D eigenvalue weighted by molar-refractivity contribution is 0.361. The minimum absolute atomic E-state index is 0.102. The fourth-order valence-corrected chi connectivity index (χ4v) is 3.83. The van der Waals surface area contributed by atoms with Crippen molar-refractivity contribution in [2.75, 3.05) is 6.61 Å². The molecule has 0 aliphatic heterocycles. The van der Waals surface area contributed by atoms with E-state index in [0.717, 1.165) is 31.1 Å². The van der Waals surface area contributed by atoms with Crippen molar-refractivity contribution in [1.82, 2.24) is 9.97 Å². The van der Waals surface area contributed by atoms with Crippen LogP contribution in [0.3, 0.4) is 0 Å². The fraction of sp³-hybridized carbons (Fsp3) is 0.176. The largest absolute Gasteiger partial charge is 0.488 e. The van der Waals surface area contributed by atoms with E-state index in [9.17, 15) is 4.79 Å². The highest BCUT2D eigenvalue weighted by Crippen LogP contribution is 2.31. The zero-order chi connectivity index (χ0) is 16.6. The number of rotatable bonds is 4. The highest BCUT2D eigenvalue weighted by Gasteiger charge is 2.13. The Morgan fingerprint density at radius 1 is 1.43 bits per heavy atom. The number of halogens is 1.